The van der Waals surface area contributed by atoms with E-state index in [-0.39, 0.29) is 13.2 Å². The number of anilines is 2. The highest BCUT2D eigenvalue weighted by Gasteiger charge is 2.22. The third-order valence-corrected chi connectivity index (χ3v) is 4.71. The Morgan fingerprint density at radius 1 is 1.19 bits per heavy atom. The largest absolute Gasteiger partial charge is 0.396 e. The molecule has 0 amide bonds. The number of benzene rings is 1. The Kier molecular flexibility index (Phi) is 4.44. The molecule has 0 atom stereocenters. The van der Waals surface area contributed by atoms with Gasteiger partial charge in [0.2, 0.25) is 0 Å². The van der Waals surface area contributed by atoms with E-state index in [1.165, 1.54) is 11.3 Å². The Labute approximate surface area is 151 Å². The van der Waals surface area contributed by atoms with Crippen LogP contribution < -0.4 is 10.2 Å². The number of fused-ring (bicyclic) bond motifs is 2. The average molecular weight is 354 g/mol. The highest BCUT2D eigenvalue weighted by molar-refractivity contribution is 5.76. The molecule has 8 heteroatoms. The molecular weight excluding hydrogens is 332 g/mol. The topological polar surface area (TPSA) is 99.3 Å². The van der Waals surface area contributed by atoms with Crippen LogP contribution in [0.1, 0.15) is 17.7 Å². The van der Waals surface area contributed by atoms with Gasteiger partial charge in [0, 0.05) is 38.0 Å². The maximum absolute atomic E-state index is 9.69. The van der Waals surface area contributed by atoms with Gasteiger partial charge in [-0.1, -0.05) is 6.07 Å². The fraction of sp³-hybridized carbons (Fsp3) is 0.389. The number of rotatable bonds is 6. The predicted octanol–water partition coefficient (Wildman–Crippen LogP) is 1.09. The average Bonchev–Trinajstić information content (AvgIpc) is 3.24. The van der Waals surface area contributed by atoms with E-state index in [2.05, 4.69) is 38.4 Å². The van der Waals surface area contributed by atoms with Gasteiger partial charge in [-0.25, -0.2) is 14.6 Å². The van der Waals surface area contributed by atoms with Gasteiger partial charge in [0.25, 0.3) is 0 Å². The van der Waals surface area contributed by atoms with Gasteiger partial charge < -0.3 is 20.4 Å². The number of nitrogens with one attached hydrogen (secondary N) is 1. The molecule has 0 spiro atoms. The van der Waals surface area contributed by atoms with Gasteiger partial charge in [-0.15, -0.1) is 0 Å². The van der Waals surface area contributed by atoms with E-state index in [9.17, 15) is 5.11 Å². The van der Waals surface area contributed by atoms with E-state index >= 15 is 0 Å². The minimum Gasteiger partial charge on any atom is -0.396 e. The quantitative estimate of drug-likeness (QED) is 0.570. The summed E-state index contributed by atoms with van der Waals surface area (Å²) < 4.78 is 1.80. The molecule has 0 unspecified atom stereocenters. The molecule has 3 aromatic rings. The summed E-state index contributed by atoms with van der Waals surface area (Å²) in [5, 5.41) is 26.2. The van der Waals surface area contributed by atoms with Crippen LogP contribution in [0.15, 0.2) is 24.4 Å². The number of aromatic nitrogens is 4. The summed E-state index contributed by atoms with van der Waals surface area (Å²) in [5.74, 6) is 0.533. The molecular formula is C18H22N6O2. The molecule has 4 rings (SSSR count). The van der Waals surface area contributed by atoms with Crippen molar-refractivity contribution in [3.8, 4) is 5.69 Å². The molecule has 0 saturated heterocycles. The van der Waals surface area contributed by atoms with Crippen molar-refractivity contribution >= 4 is 22.7 Å². The number of nitrogens with zero attached hydrogens (tertiary/aromatic N) is 5. The summed E-state index contributed by atoms with van der Waals surface area (Å²) in [6, 6.07) is 6.18. The van der Waals surface area contributed by atoms with Crippen LogP contribution in [0.5, 0.6) is 0 Å². The van der Waals surface area contributed by atoms with E-state index < -0.39 is 0 Å². The molecule has 0 aliphatic carbocycles. The maximum atomic E-state index is 9.69. The molecule has 26 heavy (non-hydrogen) atoms. The van der Waals surface area contributed by atoms with E-state index in [1.807, 2.05) is 12.1 Å². The molecule has 3 heterocycles. The zero-order valence-corrected chi connectivity index (χ0v) is 14.7. The first-order valence-electron chi connectivity index (χ1n) is 8.76. The second kappa shape index (κ2) is 6.89. The van der Waals surface area contributed by atoms with Crippen molar-refractivity contribution in [3.63, 3.8) is 0 Å². The van der Waals surface area contributed by atoms with Crippen LogP contribution in [0.3, 0.4) is 0 Å². The zero-order chi connectivity index (χ0) is 18.1. The smallest absolute Gasteiger partial charge is 0.182 e. The lowest BCUT2D eigenvalue weighted by molar-refractivity contribution is 0.277. The fourth-order valence-corrected chi connectivity index (χ4v) is 3.37. The summed E-state index contributed by atoms with van der Waals surface area (Å²) in [5.41, 5.74) is 5.23. The first kappa shape index (κ1) is 16.7. The van der Waals surface area contributed by atoms with Crippen molar-refractivity contribution in [2.75, 3.05) is 37.0 Å². The van der Waals surface area contributed by atoms with Crippen LogP contribution in [0, 0.1) is 0 Å². The van der Waals surface area contributed by atoms with Crippen LogP contribution in [-0.4, -0.2) is 56.7 Å². The van der Waals surface area contributed by atoms with Crippen LogP contribution in [-0.2, 0) is 13.0 Å². The van der Waals surface area contributed by atoms with E-state index in [4.69, 9.17) is 5.11 Å². The van der Waals surface area contributed by atoms with E-state index in [0.29, 0.717) is 35.6 Å². The molecule has 1 aliphatic rings. The first-order valence-corrected chi connectivity index (χ1v) is 8.76. The molecule has 8 nitrogen and oxygen atoms in total. The minimum atomic E-state index is -0.217. The summed E-state index contributed by atoms with van der Waals surface area (Å²) in [7, 11) is 2.09. The Morgan fingerprint density at radius 2 is 2.04 bits per heavy atom. The molecule has 1 aliphatic heterocycles. The Morgan fingerprint density at radius 3 is 2.85 bits per heavy atom. The third kappa shape index (κ3) is 2.77. The zero-order valence-electron chi connectivity index (χ0n) is 14.7. The number of likely N-dealkylation sites (N-methyl/N-ethyl adjacent to an activating group) is 1. The van der Waals surface area contributed by atoms with Crippen molar-refractivity contribution in [1.29, 1.82) is 0 Å². The van der Waals surface area contributed by atoms with Crippen LogP contribution in [0.25, 0.3) is 16.9 Å². The molecule has 136 valence electrons. The minimum absolute atomic E-state index is 0.0998. The summed E-state index contributed by atoms with van der Waals surface area (Å²) in [4.78, 5) is 11.4. The number of aliphatic hydroxyl groups excluding tert-OH is 2. The van der Waals surface area contributed by atoms with Crippen molar-refractivity contribution in [1.82, 2.24) is 19.7 Å². The van der Waals surface area contributed by atoms with Gasteiger partial charge in [0.05, 0.1) is 18.5 Å². The second-order valence-corrected chi connectivity index (χ2v) is 6.39. The molecule has 1 aromatic carbocycles. The highest BCUT2D eigenvalue weighted by Crippen LogP contribution is 2.32. The van der Waals surface area contributed by atoms with Gasteiger partial charge in [0.15, 0.2) is 11.5 Å². The lowest BCUT2D eigenvalue weighted by Gasteiger charge is -2.14. The van der Waals surface area contributed by atoms with Crippen molar-refractivity contribution in [2.24, 2.45) is 0 Å². The van der Waals surface area contributed by atoms with Crippen LogP contribution in [0.4, 0.5) is 11.5 Å². The van der Waals surface area contributed by atoms with Gasteiger partial charge in [-0.3, -0.25) is 0 Å². The molecule has 2 aromatic heterocycles. The van der Waals surface area contributed by atoms with Crippen molar-refractivity contribution in [3.05, 3.63) is 35.7 Å². The monoisotopic (exact) mass is 354 g/mol. The maximum Gasteiger partial charge on any atom is 0.182 e. The number of hydrogen-bond donors (Lipinski definition) is 3. The van der Waals surface area contributed by atoms with Crippen molar-refractivity contribution in [2.45, 2.75) is 19.4 Å². The summed E-state index contributed by atoms with van der Waals surface area (Å²) >= 11 is 0. The Bertz CT molecular complexity index is 939. The third-order valence-electron chi connectivity index (χ3n) is 4.71. The standard InChI is InChI=1S/C18H22N6O2/c1-23-8-6-12-15(23)4-2-5-16(12)24-18-13(10-20-24)21-17(14(11-26)22-18)19-7-3-9-25/h2,4-5,10,25-26H,3,6-9,11H2,1H3,(H,19,21). The van der Waals surface area contributed by atoms with Crippen LogP contribution in [0.2, 0.25) is 0 Å². The van der Waals surface area contributed by atoms with E-state index in [0.717, 1.165) is 18.7 Å². The SMILES string of the molecule is CN1CCc2c1cccc2-n1ncc2nc(NCCCO)c(CO)nc21. The first-order chi connectivity index (χ1) is 12.7. The lowest BCUT2D eigenvalue weighted by Crippen LogP contribution is -2.12. The summed E-state index contributed by atoms with van der Waals surface area (Å²) in [6.07, 6.45) is 3.26. The Balaban J connectivity index is 1.79. The molecule has 3 N–H and O–H groups in total. The van der Waals surface area contributed by atoms with Gasteiger partial charge in [-0.2, -0.15) is 5.10 Å². The van der Waals surface area contributed by atoms with Crippen molar-refractivity contribution < 1.29 is 10.2 Å². The fourth-order valence-electron chi connectivity index (χ4n) is 3.37. The molecule has 0 bridgehead atoms. The number of hydrogen-bond acceptors (Lipinski definition) is 7. The van der Waals surface area contributed by atoms with Gasteiger partial charge >= 0.3 is 0 Å². The van der Waals surface area contributed by atoms with Gasteiger partial charge in [-0.05, 0) is 25.0 Å². The molecule has 0 fully saturated rings. The Hall–Kier alpha value is -2.71. The van der Waals surface area contributed by atoms with Crippen LogP contribution >= 0.6 is 0 Å². The highest BCUT2D eigenvalue weighted by atomic mass is 16.3. The second-order valence-electron chi connectivity index (χ2n) is 6.39. The summed E-state index contributed by atoms with van der Waals surface area (Å²) in [6.45, 7) is 1.43. The molecule has 0 saturated carbocycles. The number of aliphatic hydroxyl groups is 2. The lowest BCUT2D eigenvalue weighted by atomic mass is 10.1. The van der Waals surface area contributed by atoms with E-state index in [1.54, 1.807) is 10.9 Å². The van der Waals surface area contributed by atoms with Gasteiger partial charge in [0.1, 0.15) is 11.2 Å². The normalized spacial score (nSPS) is 13.4. The molecule has 0 radical (unpaired) electrons. The predicted molar refractivity (Wildman–Crippen MR) is 99.7 cm³/mol.